The predicted octanol–water partition coefficient (Wildman–Crippen LogP) is 0.639. The van der Waals surface area contributed by atoms with Gasteiger partial charge in [-0.1, -0.05) is 6.92 Å². The van der Waals surface area contributed by atoms with E-state index in [0.717, 1.165) is 12.8 Å². The third-order valence-electron chi connectivity index (χ3n) is 2.75. The molecule has 76 valence electrons. The molecule has 1 saturated heterocycles. The van der Waals surface area contributed by atoms with E-state index in [1.165, 1.54) is 0 Å². The minimum atomic E-state index is -1.60. The predicted molar refractivity (Wildman–Crippen MR) is 46.4 cm³/mol. The molecule has 4 nitrogen and oxygen atoms in total. The smallest absolute Gasteiger partial charge is 0.336 e. The van der Waals surface area contributed by atoms with Gasteiger partial charge in [0.25, 0.3) is 0 Å². The second kappa shape index (κ2) is 4.07. The van der Waals surface area contributed by atoms with Gasteiger partial charge in [0.05, 0.1) is 6.61 Å². The Balaban J connectivity index is 2.68. The second-order valence-corrected chi connectivity index (χ2v) is 3.50. The molecule has 13 heavy (non-hydrogen) atoms. The summed E-state index contributed by atoms with van der Waals surface area (Å²) in [5.74, 6) is -1.39. The summed E-state index contributed by atoms with van der Waals surface area (Å²) in [4.78, 5) is 10.8. The molecule has 0 bridgehead atoms. The summed E-state index contributed by atoms with van der Waals surface area (Å²) in [6, 6.07) is 0. The van der Waals surface area contributed by atoms with Crippen LogP contribution in [0.1, 0.15) is 26.2 Å². The van der Waals surface area contributed by atoms with Crippen molar-refractivity contribution >= 4 is 5.97 Å². The van der Waals surface area contributed by atoms with Gasteiger partial charge < -0.3 is 14.9 Å². The van der Waals surface area contributed by atoms with E-state index in [4.69, 9.17) is 9.84 Å². The van der Waals surface area contributed by atoms with Crippen LogP contribution >= 0.6 is 0 Å². The third kappa shape index (κ3) is 2.00. The molecule has 0 amide bonds. The highest BCUT2D eigenvalue weighted by Crippen LogP contribution is 2.29. The molecule has 1 heterocycles. The summed E-state index contributed by atoms with van der Waals surface area (Å²) in [6.07, 6.45) is 1.80. The van der Waals surface area contributed by atoms with Crippen LogP contribution in [0.4, 0.5) is 0 Å². The Morgan fingerprint density at radius 1 is 1.69 bits per heavy atom. The SMILES string of the molecule is CCC(O)(C(=O)O)C1CCCOC1. The van der Waals surface area contributed by atoms with Gasteiger partial charge >= 0.3 is 5.97 Å². The van der Waals surface area contributed by atoms with Gasteiger partial charge in [-0.15, -0.1) is 0 Å². The number of carbonyl (C=O) groups is 1. The Morgan fingerprint density at radius 2 is 2.38 bits per heavy atom. The molecule has 0 aliphatic carbocycles. The Morgan fingerprint density at radius 3 is 2.77 bits per heavy atom. The van der Waals surface area contributed by atoms with Crippen molar-refractivity contribution in [3.8, 4) is 0 Å². The van der Waals surface area contributed by atoms with E-state index in [2.05, 4.69) is 0 Å². The highest BCUT2D eigenvalue weighted by Gasteiger charge is 2.43. The minimum absolute atomic E-state index is 0.232. The van der Waals surface area contributed by atoms with Gasteiger partial charge in [0.15, 0.2) is 5.60 Å². The molecule has 0 aromatic heterocycles. The normalized spacial score (nSPS) is 28.0. The van der Waals surface area contributed by atoms with Crippen molar-refractivity contribution in [2.75, 3.05) is 13.2 Å². The first kappa shape index (κ1) is 10.5. The quantitative estimate of drug-likeness (QED) is 0.682. The van der Waals surface area contributed by atoms with E-state index < -0.39 is 11.6 Å². The van der Waals surface area contributed by atoms with Crippen LogP contribution in [0.25, 0.3) is 0 Å². The van der Waals surface area contributed by atoms with Crippen molar-refractivity contribution < 1.29 is 19.7 Å². The van der Waals surface area contributed by atoms with Crippen molar-refractivity contribution in [1.82, 2.24) is 0 Å². The average Bonchev–Trinajstić information content (AvgIpc) is 2.17. The number of aliphatic hydroxyl groups is 1. The first-order valence-electron chi connectivity index (χ1n) is 4.64. The van der Waals surface area contributed by atoms with E-state index in [0.29, 0.717) is 13.2 Å². The number of hydrogen-bond donors (Lipinski definition) is 2. The van der Waals surface area contributed by atoms with Gasteiger partial charge in [0, 0.05) is 12.5 Å². The van der Waals surface area contributed by atoms with Gasteiger partial charge in [-0.05, 0) is 19.3 Å². The van der Waals surface area contributed by atoms with Gasteiger partial charge in [-0.3, -0.25) is 0 Å². The monoisotopic (exact) mass is 188 g/mol. The van der Waals surface area contributed by atoms with Crippen LogP contribution in [0.3, 0.4) is 0 Å². The molecule has 0 spiro atoms. The molecule has 0 aromatic carbocycles. The van der Waals surface area contributed by atoms with Gasteiger partial charge in [-0.25, -0.2) is 4.79 Å². The lowest BCUT2D eigenvalue weighted by Gasteiger charge is -2.33. The van der Waals surface area contributed by atoms with Crippen molar-refractivity contribution in [2.24, 2.45) is 5.92 Å². The maximum absolute atomic E-state index is 10.8. The van der Waals surface area contributed by atoms with Crippen LogP contribution in [0.5, 0.6) is 0 Å². The number of carboxylic acids is 1. The lowest BCUT2D eigenvalue weighted by Crippen LogP contribution is -2.48. The average molecular weight is 188 g/mol. The summed E-state index contributed by atoms with van der Waals surface area (Å²) in [7, 11) is 0. The number of hydrogen-bond acceptors (Lipinski definition) is 3. The van der Waals surface area contributed by atoms with Crippen molar-refractivity contribution in [2.45, 2.75) is 31.8 Å². The van der Waals surface area contributed by atoms with Crippen LogP contribution in [0, 0.1) is 5.92 Å². The van der Waals surface area contributed by atoms with Crippen LogP contribution in [0.15, 0.2) is 0 Å². The molecule has 2 unspecified atom stereocenters. The number of aliphatic carboxylic acids is 1. The first-order chi connectivity index (χ1) is 6.11. The first-order valence-corrected chi connectivity index (χ1v) is 4.64. The van der Waals surface area contributed by atoms with E-state index in [-0.39, 0.29) is 12.3 Å². The van der Waals surface area contributed by atoms with Crippen molar-refractivity contribution in [3.05, 3.63) is 0 Å². The lowest BCUT2D eigenvalue weighted by molar-refractivity contribution is -0.171. The molecule has 0 saturated carbocycles. The maximum atomic E-state index is 10.8. The van der Waals surface area contributed by atoms with E-state index >= 15 is 0 Å². The summed E-state index contributed by atoms with van der Waals surface area (Å²) in [6.45, 7) is 2.72. The summed E-state index contributed by atoms with van der Waals surface area (Å²) >= 11 is 0. The fourth-order valence-corrected chi connectivity index (χ4v) is 1.73. The highest BCUT2D eigenvalue weighted by atomic mass is 16.5. The van der Waals surface area contributed by atoms with E-state index in [9.17, 15) is 9.90 Å². The topological polar surface area (TPSA) is 66.8 Å². The number of ether oxygens (including phenoxy) is 1. The minimum Gasteiger partial charge on any atom is -0.479 e. The summed E-state index contributed by atoms with van der Waals surface area (Å²) in [5, 5.41) is 18.7. The molecule has 1 aliphatic heterocycles. The van der Waals surface area contributed by atoms with Gasteiger partial charge in [-0.2, -0.15) is 0 Å². The zero-order valence-corrected chi connectivity index (χ0v) is 7.82. The molecule has 2 atom stereocenters. The molecule has 0 radical (unpaired) electrons. The second-order valence-electron chi connectivity index (χ2n) is 3.50. The Kier molecular flexibility index (Phi) is 3.27. The molecular weight excluding hydrogens is 172 g/mol. The van der Waals surface area contributed by atoms with Crippen LogP contribution < -0.4 is 0 Å². The van der Waals surface area contributed by atoms with Gasteiger partial charge in [0.2, 0.25) is 0 Å². The van der Waals surface area contributed by atoms with Crippen molar-refractivity contribution in [3.63, 3.8) is 0 Å². The Hall–Kier alpha value is -0.610. The zero-order chi connectivity index (χ0) is 9.90. The molecule has 2 N–H and O–H groups in total. The molecule has 1 fully saturated rings. The molecule has 1 rings (SSSR count). The van der Waals surface area contributed by atoms with Crippen LogP contribution in [0.2, 0.25) is 0 Å². The van der Waals surface area contributed by atoms with E-state index in [1.54, 1.807) is 6.92 Å². The lowest BCUT2D eigenvalue weighted by atomic mass is 9.81. The molecule has 0 aromatic rings. The number of rotatable bonds is 3. The fraction of sp³-hybridized carbons (Fsp3) is 0.889. The maximum Gasteiger partial charge on any atom is 0.336 e. The Bertz CT molecular complexity index is 186. The van der Waals surface area contributed by atoms with Crippen LogP contribution in [-0.2, 0) is 9.53 Å². The number of carboxylic acid groups (broad SMARTS) is 1. The molecular formula is C9H16O4. The zero-order valence-electron chi connectivity index (χ0n) is 7.82. The Labute approximate surface area is 77.5 Å². The standard InChI is InChI=1S/C9H16O4/c1-2-9(12,8(10)11)7-4-3-5-13-6-7/h7,12H,2-6H2,1H3,(H,10,11). The molecule has 4 heteroatoms. The highest BCUT2D eigenvalue weighted by molar-refractivity contribution is 5.77. The summed E-state index contributed by atoms with van der Waals surface area (Å²) < 4.78 is 5.16. The largest absolute Gasteiger partial charge is 0.479 e. The summed E-state index contributed by atoms with van der Waals surface area (Å²) in [5.41, 5.74) is -1.60. The van der Waals surface area contributed by atoms with Gasteiger partial charge in [0.1, 0.15) is 0 Å². The van der Waals surface area contributed by atoms with Crippen molar-refractivity contribution in [1.29, 1.82) is 0 Å². The van der Waals surface area contributed by atoms with Crippen LogP contribution in [-0.4, -0.2) is 35.0 Å². The van der Waals surface area contributed by atoms with E-state index in [1.807, 2.05) is 0 Å². The fourth-order valence-electron chi connectivity index (χ4n) is 1.73. The third-order valence-corrected chi connectivity index (χ3v) is 2.75. The molecule has 1 aliphatic rings.